The van der Waals surface area contributed by atoms with Crippen LogP contribution >= 0.6 is 9.24 Å². The van der Waals surface area contributed by atoms with Crippen LogP contribution in [0.2, 0.25) is 0 Å². The van der Waals surface area contributed by atoms with Gasteiger partial charge in [-0.2, -0.15) is 0 Å². The SMILES string of the molecule is CN.Pc1cc(CNC2=CNCC=C2N2CCCC2)cc2nccnc12. The zero-order valence-electron chi connectivity index (χ0n) is 15.2. The van der Waals surface area contributed by atoms with Gasteiger partial charge in [-0.25, -0.2) is 0 Å². The lowest BCUT2D eigenvalue weighted by molar-refractivity contribution is 0.421. The summed E-state index contributed by atoms with van der Waals surface area (Å²) in [7, 11) is 4.26. The smallest absolute Gasteiger partial charge is 0.0958 e. The molecule has 2 aliphatic rings. The maximum absolute atomic E-state index is 4.50. The van der Waals surface area contributed by atoms with Crippen molar-refractivity contribution in [3.8, 4) is 0 Å². The van der Waals surface area contributed by atoms with Crippen molar-refractivity contribution in [2.75, 3.05) is 26.7 Å². The molecule has 2 aliphatic heterocycles. The van der Waals surface area contributed by atoms with E-state index in [0.29, 0.717) is 0 Å². The third-order valence-corrected chi connectivity index (χ3v) is 4.97. The second-order valence-corrected chi connectivity index (χ2v) is 6.83. The summed E-state index contributed by atoms with van der Waals surface area (Å²) in [5, 5.41) is 7.99. The van der Waals surface area contributed by atoms with Gasteiger partial charge in [0.25, 0.3) is 0 Å². The van der Waals surface area contributed by atoms with Gasteiger partial charge in [0.15, 0.2) is 0 Å². The number of nitrogens with two attached hydrogens (primary N) is 1. The van der Waals surface area contributed by atoms with Crippen molar-refractivity contribution in [3.63, 3.8) is 0 Å². The number of rotatable bonds is 4. The Labute approximate surface area is 157 Å². The third kappa shape index (κ3) is 4.14. The normalized spacial score (nSPS) is 16.3. The molecule has 138 valence electrons. The summed E-state index contributed by atoms with van der Waals surface area (Å²) < 4.78 is 0. The Balaban J connectivity index is 0.000000948. The van der Waals surface area contributed by atoms with Crippen molar-refractivity contribution >= 4 is 25.6 Å². The average Bonchev–Trinajstić information content (AvgIpc) is 3.23. The van der Waals surface area contributed by atoms with Gasteiger partial charge in [-0.1, -0.05) is 0 Å². The second-order valence-electron chi connectivity index (χ2n) is 6.21. The number of nitrogens with one attached hydrogen (secondary N) is 2. The predicted molar refractivity (Wildman–Crippen MR) is 111 cm³/mol. The Kier molecular flexibility index (Phi) is 6.42. The minimum absolute atomic E-state index is 0.770. The Hall–Kier alpha value is -2.17. The number of aromatic nitrogens is 2. The predicted octanol–water partition coefficient (Wildman–Crippen LogP) is 1.22. The van der Waals surface area contributed by atoms with Crippen molar-refractivity contribution in [1.29, 1.82) is 0 Å². The average molecular weight is 370 g/mol. The molecule has 6 nitrogen and oxygen atoms in total. The summed E-state index contributed by atoms with van der Waals surface area (Å²) in [6.45, 7) is 3.99. The van der Waals surface area contributed by atoms with Crippen LogP contribution in [0.1, 0.15) is 18.4 Å². The molecule has 26 heavy (non-hydrogen) atoms. The highest BCUT2D eigenvalue weighted by molar-refractivity contribution is 7.28. The largest absolute Gasteiger partial charge is 0.386 e. The zero-order chi connectivity index (χ0) is 18.4. The van der Waals surface area contributed by atoms with Crippen LogP contribution in [0.3, 0.4) is 0 Å². The summed E-state index contributed by atoms with van der Waals surface area (Å²) >= 11 is 0. The monoisotopic (exact) mass is 370 g/mol. The fraction of sp³-hybridized carbons (Fsp3) is 0.368. The van der Waals surface area contributed by atoms with Gasteiger partial charge in [0, 0.05) is 44.8 Å². The number of fused-ring (bicyclic) bond motifs is 1. The lowest BCUT2D eigenvalue weighted by Gasteiger charge is -2.27. The number of hydrogen-bond donors (Lipinski definition) is 3. The van der Waals surface area contributed by atoms with Crippen molar-refractivity contribution in [2.45, 2.75) is 19.4 Å². The lowest BCUT2D eigenvalue weighted by Crippen LogP contribution is -2.31. The number of hydrogen-bond acceptors (Lipinski definition) is 6. The van der Waals surface area contributed by atoms with E-state index in [1.165, 1.54) is 36.8 Å². The fourth-order valence-corrected chi connectivity index (χ4v) is 3.80. The summed E-state index contributed by atoms with van der Waals surface area (Å²) in [5.74, 6) is 0. The van der Waals surface area contributed by atoms with E-state index >= 15 is 0 Å². The van der Waals surface area contributed by atoms with Crippen LogP contribution in [-0.2, 0) is 6.54 Å². The standard InChI is InChI=1S/C18H22N5P.CH5N/c24-17-10-13(9-14-18(17)21-6-5-20-14)11-22-15-12-19-4-3-16(15)23-7-1-2-8-23;1-2/h3,5-6,9-10,12,19,22H,1-2,4,7-8,11,24H2;2H2,1H3. The van der Waals surface area contributed by atoms with Gasteiger partial charge in [0.05, 0.1) is 22.4 Å². The molecular formula is C19H27N6P. The zero-order valence-corrected chi connectivity index (χ0v) is 16.4. The minimum Gasteiger partial charge on any atom is -0.386 e. The van der Waals surface area contributed by atoms with Gasteiger partial charge in [-0.3, -0.25) is 9.97 Å². The van der Waals surface area contributed by atoms with Gasteiger partial charge >= 0.3 is 0 Å². The van der Waals surface area contributed by atoms with Crippen LogP contribution in [0.15, 0.2) is 48.2 Å². The third-order valence-electron chi connectivity index (χ3n) is 4.53. The van der Waals surface area contributed by atoms with E-state index in [-0.39, 0.29) is 0 Å². The Morgan fingerprint density at radius 1 is 1.19 bits per heavy atom. The topological polar surface area (TPSA) is 79.1 Å². The van der Waals surface area contributed by atoms with E-state index in [4.69, 9.17) is 0 Å². The molecule has 3 heterocycles. The maximum atomic E-state index is 4.50. The van der Waals surface area contributed by atoms with E-state index in [0.717, 1.165) is 42.5 Å². The Morgan fingerprint density at radius 2 is 1.96 bits per heavy atom. The molecule has 1 atom stereocenters. The highest BCUT2D eigenvalue weighted by Gasteiger charge is 2.19. The molecule has 0 radical (unpaired) electrons. The molecule has 1 fully saturated rings. The van der Waals surface area contributed by atoms with Crippen LogP contribution in [0.25, 0.3) is 11.0 Å². The molecule has 0 bridgehead atoms. The molecule has 1 saturated heterocycles. The summed E-state index contributed by atoms with van der Waals surface area (Å²) in [6, 6.07) is 4.27. The Morgan fingerprint density at radius 3 is 2.77 bits per heavy atom. The highest BCUT2D eigenvalue weighted by atomic mass is 31.0. The molecule has 4 rings (SSSR count). The van der Waals surface area contributed by atoms with Gasteiger partial charge in [0.2, 0.25) is 0 Å². The molecule has 1 aromatic carbocycles. The van der Waals surface area contributed by atoms with Crippen LogP contribution in [0, 0.1) is 0 Å². The number of nitrogens with zero attached hydrogens (tertiary/aromatic N) is 3. The Bertz CT molecular complexity index is 811. The first-order valence-electron chi connectivity index (χ1n) is 9.01. The van der Waals surface area contributed by atoms with Gasteiger partial charge in [-0.05, 0) is 49.0 Å². The molecule has 0 saturated carbocycles. The molecular weight excluding hydrogens is 343 g/mol. The molecule has 7 heteroatoms. The van der Waals surface area contributed by atoms with Crippen molar-refractivity contribution < 1.29 is 0 Å². The summed E-state index contributed by atoms with van der Waals surface area (Å²) in [4.78, 5) is 11.3. The fourth-order valence-electron chi connectivity index (χ4n) is 3.36. The van der Waals surface area contributed by atoms with E-state index in [1.807, 2.05) is 0 Å². The number of benzene rings is 1. The first-order chi connectivity index (χ1) is 12.8. The van der Waals surface area contributed by atoms with Crippen LogP contribution in [0.4, 0.5) is 0 Å². The van der Waals surface area contributed by atoms with Crippen molar-refractivity contribution in [2.24, 2.45) is 5.73 Å². The maximum Gasteiger partial charge on any atom is 0.0958 e. The van der Waals surface area contributed by atoms with E-state index < -0.39 is 0 Å². The second kappa shape index (κ2) is 8.97. The van der Waals surface area contributed by atoms with Crippen LogP contribution < -0.4 is 21.7 Å². The van der Waals surface area contributed by atoms with Gasteiger partial charge in [0.1, 0.15) is 0 Å². The van der Waals surface area contributed by atoms with E-state index in [2.05, 4.69) is 64.9 Å². The van der Waals surface area contributed by atoms with Crippen LogP contribution in [-0.4, -0.2) is 41.5 Å². The van der Waals surface area contributed by atoms with Crippen molar-refractivity contribution in [3.05, 3.63) is 53.8 Å². The first-order valence-corrected chi connectivity index (χ1v) is 9.59. The van der Waals surface area contributed by atoms with Crippen LogP contribution in [0.5, 0.6) is 0 Å². The molecule has 0 spiro atoms. The molecule has 2 aromatic rings. The summed E-state index contributed by atoms with van der Waals surface area (Å²) in [5.41, 5.74) is 10.1. The highest BCUT2D eigenvalue weighted by Crippen LogP contribution is 2.21. The molecule has 1 unspecified atom stereocenters. The van der Waals surface area contributed by atoms with E-state index in [9.17, 15) is 0 Å². The molecule has 1 aromatic heterocycles. The molecule has 0 amide bonds. The summed E-state index contributed by atoms with van der Waals surface area (Å²) in [6.07, 6.45) is 10.4. The quantitative estimate of drug-likeness (QED) is 0.703. The number of likely N-dealkylation sites (tertiary alicyclic amines) is 1. The van der Waals surface area contributed by atoms with Gasteiger partial charge in [-0.15, -0.1) is 9.24 Å². The molecule has 4 N–H and O–H groups in total. The number of dihydropyridines is 1. The molecule has 0 aliphatic carbocycles. The van der Waals surface area contributed by atoms with E-state index in [1.54, 1.807) is 12.4 Å². The minimum atomic E-state index is 0.770. The van der Waals surface area contributed by atoms with Gasteiger partial charge < -0.3 is 21.3 Å². The lowest BCUT2D eigenvalue weighted by atomic mass is 10.1. The van der Waals surface area contributed by atoms with Crippen molar-refractivity contribution in [1.82, 2.24) is 25.5 Å². The first kappa shape index (κ1) is 18.6.